The molecule has 1 aliphatic heterocycles. The zero-order chi connectivity index (χ0) is 17.1. The van der Waals surface area contributed by atoms with Crippen LogP contribution < -0.4 is 11.2 Å². The molecule has 0 aliphatic carbocycles. The van der Waals surface area contributed by atoms with Crippen molar-refractivity contribution in [3.63, 3.8) is 0 Å². The summed E-state index contributed by atoms with van der Waals surface area (Å²) in [5.41, 5.74) is 0.0213. The minimum Gasteiger partial charge on any atom is -0.374 e. The van der Waals surface area contributed by atoms with Gasteiger partial charge < -0.3 is 9.47 Å². The standard InChI is InChI=1S/C16H16Cl2N2O4/c17-11-2-1-10(14(18)5-11)7-23-9-13-6-12(8-24-13)20-4-3-15(21)19-16(20)22/h1-5,12-13H,6-9H2,(H,19,21,22). The molecule has 0 saturated carbocycles. The van der Waals surface area contributed by atoms with Gasteiger partial charge in [-0.2, -0.15) is 0 Å². The van der Waals surface area contributed by atoms with E-state index in [-0.39, 0.29) is 12.1 Å². The zero-order valence-corrected chi connectivity index (χ0v) is 14.2. The Balaban J connectivity index is 1.53. The van der Waals surface area contributed by atoms with E-state index in [0.717, 1.165) is 5.56 Å². The second-order valence-electron chi connectivity index (χ2n) is 5.61. The number of benzene rings is 1. The van der Waals surface area contributed by atoms with Crippen molar-refractivity contribution in [1.29, 1.82) is 0 Å². The average Bonchev–Trinajstić information content (AvgIpc) is 2.98. The lowest BCUT2D eigenvalue weighted by Crippen LogP contribution is -2.31. The van der Waals surface area contributed by atoms with Crippen molar-refractivity contribution >= 4 is 23.2 Å². The quantitative estimate of drug-likeness (QED) is 0.876. The Kier molecular flexibility index (Phi) is 5.40. The summed E-state index contributed by atoms with van der Waals surface area (Å²) in [4.78, 5) is 25.1. The fourth-order valence-corrected chi connectivity index (χ4v) is 3.11. The molecule has 0 radical (unpaired) electrons. The number of hydrogen-bond acceptors (Lipinski definition) is 4. The first kappa shape index (κ1) is 17.2. The van der Waals surface area contributed by atoms with Crippen LogP contribution in [-0.2, 0) is 16.1 Å². The monoisotopic (exact) mass is 370 g/mol. The van der Waals surface area contributed by atoms with Crippen LogP contribution in [-0.4, -0.2) is 28.9 Å². The van der Waals surface area contributed by atoms with Crippen LogP contribution in [0.4, 0.5) is 0 Å². The molecular formula is C16H16Cl2N2O4. The Bertz CT molecular complexity index is 833. The highest BCUT2D eigenvalue weighted by atomic mass is 35.5. The van der Waals surface area contributed by atoms with E-state index >= 15 is 0 Å². The molecule has 0 bridgehead atoms. The van der Waals surface area contributed by atoms with Crippen LogP contribution in [0.2, 0.25) is 10.0 Å². The molecule has 6 nitrogen and oxygen atoms in total. The smallest absolute Gasteiger partial charge is 0.328 e. The van der Waals surface area contributed by atoms with Gasteiger partial charge >= 0.3 is 5.69 Å². The Morgan fingerprint density at radius 1 is 1.29 bits per heavy atom. The maximum atomic E-state index is 11.8. The molecule has 3 rings (SSSR count). The van der Waals surface area contributed by atoms with Gasteiger partial charge in [-0.25, -0.2) is 4.79 Å². The number of nitrogens with one attached hydrogen (secondary N) is 1. The van der Waals surface area contributed by atoms with Gasteiger partial charge in [-0.1, -0.05) is 29.3 Å². The highest BCUT2D eigenvalue weighted by Gasteiger charge is 2.27. The molecule has 2 heterocycles. The lowest BCUT2D eigenvalue weighted by molar-refractivity contribution is 0.0100. The molecule has 24 heavy (non-hydrogen) atoms. The van der Waals surface area contributed by atoms with Gasteiger partial charge in [0.05, 0.1) is 32.0 Å². The lowest BCUT2D eigenvalue weighted by atomic mass is 10.2. The number of hydrogen-bond donors (Lipinski definition) is 1. The third-order valence-electron chi connectivity index (χ3n) is 3.88. The maximum Gasteiger partial charge on any atom is 0.328 e. The Hall–Kier alpha value is -1.60. The molecule has 0 amide bonds. The van der Waals surface area contributed by atoms with Gasteiger partial charge in [0.15, 0.2) is 0 Å². The van der Waals surface area contributed by atoms with E-state index < -0.39 is 11.2 Å². The molecular weight excluding hydrogens is 355 g/mol. The highest BCUT2D eigenvalue weighted by Crippen LogP contribution is 2.24. The predicted octanol–water partition coefficient (Wildman–Crippen LogP) is 2.39. The largest absolute Gasteiger partial charge is 0.374 e. The van der Waals surface area contributed by atoms with Gasteiger partial charge in [0.1, 0.15) is 0 Å². The summed E-state index contributed by atoms with van der Waals surface area (Å²) in [5, 5.41) is 1.14. The minimum atomic E-state index is -0.425. The average molecular weight is 371 g/mol. The van der Waals surface area contributed by atoms with Crippen molar-refractivity contribution in [2.45, 2.75) is 25.2 Å². The van der Waals surface area contributed by atoms with Crippen LogP contribution in [0.1, 0.15) is 18.0 Å². The molecule has 1 aromatic heterocycles. The molecule has 2 unspecified atom stereocenters. The summed E-state index contributed by atoms with van der Waals surface area (Å²) in [6.45, 7) is 1.16. The first-order chi connectivity index (χ1) is 11.5. The van der Waals surface area contributed by atoms with Crippen molar-refractivity contribution in [2.75, 3.05) is 13.2 Å². The Morgan fingerprint density at radius 2 is 2.12 bits per heavy atom. The van der Waals surface area contributed by atoms with E-state index in [0.29, 0.717) is 36.3 Å². The van der Waals surface area contributed by atoms with Crippen molar-refractivity contribution in [3.05, 3.63) is 66.9 Å². The molecule has 0 spiro atoms. The lowest BCUT2D eigenvalue weighted by Gasteiger charge is -2.12. The second-order valence-corrected chi connectivity index (χ2v) is 6.46. The van der Waals surface area contributed by atoms with Crippen LogP contribution in [0.5, 0.6) is 0 Å². The fraction of sp³-hybridized carbons (Fsp3) is 0.375. The predicted molar refractivity (Wildman–Crippen MR) is 90.8 cm³/mol. The van der Waals surface area contributed by atoms with Crippen LogP contribution in [0.3, 0.4) is 0 Å². The van der Waals surface area contributed by atoms with Gasteiger partial charge in [-0.3, -0.25) is 14.3 Å². The van der Waals surface area contributed by atoms with Crippen LogP contribution in [0.15, 0.2) is 40.1 Å². The Morgan fingerprint density at radius 3 is 2.88 bits per heavy atom. The van der Waals surface area contributed by atoms with Crippen LogP contribution >= 0.6 is 23.2 Å². The number of nitrogens with zero attached hydrogens (tertiary/aromatic N) is 1. The summed E-state index contributed by atoms with van der Waals surface area (Å²) >= 11 is 12.0. The number of aromatic nitrogens is 2. The maximum absolute atomic E-state index is 11.8. The number of aromatic amines is 1. The number of ether oxygens (including phenoxy) is 2. The topological polar surface area (TPSA) is 73.3 Å². The van der Waals surface area contributed by atoms with Gasteiger partial charge in [0.2, 0.25) is 0 Å². The Labute approximate surface area is 147 Å². The van der Waals surface area contributed by atoms with Gasteiger partial charge in [0, 0.05) is 22.3 Å². The molecule has 2 aromatic rings. The van der Waals surface area contributed by atoms with Crippen LogP contribution in [0.25, 0.3) is 0 Å². The fourth-order valence-electron chi connectivity index (χ4n) is 2.65. The van der Waals surface area contributed by atoms with Gasteiger partial charge in [0.25, 0.3) is 5.56 Å². The third kappa shape index (κ3) is 4.08. The molecule has 1 aromatic carbocycles. The zero-order valence-electron chi connectivity index (χ0n) is 12.7. The first-order valence-corrected chi connectivity index (χ1v) is 8.23. The minimum absolute atomic E-state index is 0.109. The molecule has 8 heteroatoms. The van der Waals surface area contributed by atoms with Gasteiger partial charge in [-0.15, -0.1) is 0 Å². The molecule has 1 aliphatic rings. The molecule has 1 fully saturated rings. The van der Waals surface area contributed by atoms with Crippen molar-refractivity contribution in [1.82, 2.24) is 9.55 Å². The van der Waals surface area contributed by atoms with E-state index in [1.165, 1.54) is 16.8 Å². The van der Waals surface area contributed by atoms with E-state index in [1.54, 1.807) is 12.1 Å². The molecule has 2 atom stereocenters. The summed E-state index contributed by atoms with van der Waals surface area (Å²) in [6, 6.07) is 6.47. The number of halogens is 2. The molecule has 128 valence electrons. The van der Waals surface area contributed by atoms with Crippen LogP contribution in [0, 0.1) is 0 Å². The summed E-state index contributed by atoms with van der Waals surface area (Å²) in [5.74, 6) is 0. The van der Waals surface area contributed by atoms with Crippen molar-refractivity contribution < 1.29 is 9.47 Å². The molecule has 1 saturated heterocycles. The van der Waals surface area contributed by atoms with E-state index in [2.05, 4.69) is 4.98 Å². The highest BCUT2D eigenvalue weighted by molar-refractivity contribution is 6.35. The van der Waals surface area contributed by atoms with E-state index in [1.807, 2.05) is 6.07 Å². The number of rotatable bonds is 5. The SMILES string of the molecule is O=c1ccn(C2COC(COCc3ccc(Cl)cc3Cl)C2)c(=O)[nH]1. The third-order valence-corrected chi connectivity index (χ3v) is 4.47. The van der Waals surface area contributed by atoms with E-state index in [9.17, 15) is 9.59 Å². The van der Waals surface area contributed by atoms with Gasteiger partial charge in [-0.05, 0) is 24.1 Å². The van der Waals surface area contributed by atoms with Crippen molar-refractivity contribution in [2.24, 2.45) is 0 Å². The van der Waals surface area contributed by atoms with E-state index in [4.69, 9.17) is 32.7 Å². The number of H-pyrrole nitrogens is 1. The first-order valence-electron chi connectivity index (χ1n) is 7.47. The summed E-state index contributed by atoms with van der Waals surface area (Å²) in [6.07, 6.45) is 2.02. The second kappa shape index (κ2) is 7.53. The summed E-state index contributed by atoms with van der Waals surface area (Å²) < 4.78 is 12.8. The van der Waals surface area contributed by atoms with Crippen molar-refractivity contribution in [3.8, 4) is 0 Å². The molecule has 1 N–H and O–H groups in total. The summed E-state index contributed by atoms with van der Waals surface area (Å²) in [7, 11) is 0. The normalized spacial score (nSPS) is 20.4.